The van der Waals surface area contributed by atoms with Gasteiger partial charge < -0.3 is 19.7 Å². The molecule has 2 saturated heterocycles. The number of guanidine groups is 1. The Hall–Kier alpha value is -0.860. The third kappa shape index (κ3) is 6.91. The molecule has 0 radical (unpaired) electrons. The summed E-state index contributed by atoms with van der Waals surface area (Å²) in [6.45, 7) is 8.87. The quantitative estimate of drug-likeness (QED) is 0.538. The van der Waals surface area contributed by atoms with E-state index in [2.05, 4.69) is 15.2 Å². The highest BCUT2D eigenvalue weighted by Crippen LogP contribution is 2.18. The summed E-state index contributed by atoms with van der Waals surface area (Å²) in [6, 6.07) is 0. The molecule has 0 aliphatic carbocycles. The lowest BCUT2D eigenvalue weighted by atomic mass is 10.1. The van der Waals surface area contributed by atoms with Gasteiger partial charge in [0.1, 0.15) is 0 Å². The van der Waals surface area contributed by atoms with Crippen molar-refractivity contribution in [2.45, 2.75) is 69.8 Å². The van der Waals surface area contributed by atoms with Crippen molar-refractivity contribution in [3.63, 3.8) is 0 Å². The fourth-order valence-corrected chi connectivity index (χ4v) is 4.34. The fraction of sp³-hybridized carbons (Fsp3) is 0.947. The molecule has 8 heteroatoms. The minimum absolute atomic E-state index is 0.108. The molecule has 2 heterocycles. The monoisotopic (exact) mass is 403 g/mol. The normalized spacial score (nSPS) is 23.5. The molecule has 1 N–H and O–H groups in total. The van der Waals surface area contributed by atoms with Gasteiger partial charge in [-0.15, -0.1) is 0 Å². The van der Waals surface area contributed by atoms with Crippen LogP contribution in [0, 0.1) is 0 Å². The number of ether oxygens (including phenoxy) is 2. The van der Waals surface area contributed by atoms with Crippen LogP contribution in [-0.4, -0.2) is 81.9 Å². The average molecular weight is 404 g/mol. The number of piperidine rings is 1. The summed E-state index contributed by atoms with van der Waals surface area (Å²) in [5, 5.41) is 3.20. The van der Waals surface area contributed by atoms with Gasteiger partial charge in [-0.25, -0.2) is 8.42 Å². The highest BCUT2D eigenvalue weighted by atomic mass is 32.2. The largest absolute Gasteiger partial charge is 0.376 e. The van der Waals surface area contributed by atoms with Crippen LogP contribution in [0.2, 0.25) is 0 Å². The van der Waals surface area contributed by atoms with Gasteiger partial charge in [0.2, 0.25) is 0 Å². The van der Waals surface area contributed by atoms with Crippen LogP contribution in [0.3, 0.4) is 0 Å². The van der Waals surface area contributed by atoms with Crippen LogP contribution in [0.1, 0.15) is 52.9 Å². The molecule has 0 saturated carbocycles. The van der Waals surface area contributed by atoms with Gasteiger partial charge in [-0.1, -0.05) is 0 Å². The Morgan fingerprint density at radius 1 is 1.22 bits per heavy atom. The molecule has 2 fully saturated rings. The van der Waals surface area contributed by atoms with Gasteiger partial charge in [0.25, 0.3) is 0 Å². The SMILES string of the molecule is CN=C(NCCS(=O)(=O)C(C)(C)C)N1CCC(OCC2CCCCO2)CC1. The number of nitrogens with one attached hydrogen (secondary N) is 1. The molecular formula is C19H37N3O4S. The topological polar surface area (TPSA) is 80.2 Å². The predicted octanol–water partition coefficient (Wildman–Crippen LogP) is 1.83. The van der Waals surface area contributed by atoms with E-state index in [0.29, 0.717) is 13.2 Å². The summed E-state index contributed by atoms with van der Waals surface area (Å²) in [7, 11) is -1.39. The van der Waals surface area contributed by atoms with Crippen LogP contribution >= 0.6 is 0 Å². The van der Waals surface area contributed by atoms with Crippen molar-refractivity contribution in [1.82, 2.24) is 10.2 Å². The molecule has 2 aliphatic heterocycles. The molecule has 2 aliphatic rings. The van der Waals surface area contributed by atoms with Gasteiger partial charge in [-0.3, -0.25) is 4.99 Å². The third-order valence-electron chi connectivity index (χ3n) is 5.33. The van der Waals surface area contributed by atoms with Crippen LogP contribution in [0.15, 0.2) is 4.99 Å². The molecule has 0 spiro atoms. The lowest BCUT2D eigenvalue weighted by Crippen LogP contribution is -2.48. The first-order valence-electron chi connectivity index (χ1n) is 10.1. The summed E-state index contributed by atoms with van der Waals surface area (Å²) >= 11 is 0. The van der Waals surface area contributed by atoms with Crippen LogP contribution in [0.5, 0.6) is 0 Å². The van der Waals surface area contributed by atoms with E-state index in [1.54, 1.807) is 27.8 Å². The Bertz CT molecular complexity index is 572. The van der Waals surface area contributed by atoms with E-state index in [-0.39, 0.29) is 18.0 Å². The third-order valence-corrected chi connectivity index (χ3v) is 7.94. The van der Waals surface area contributed by atoms with Crippen molar-refractivity contribution in [1.29, 1.82) is 0 Å². The maximum Gasteiger partial charge on any atom is 0.193 e. The van der Waals surface area contributed by atoms with E-state index in [4.69, 9.17) is 9.47 Å². The van der Waals surface area contributed by atoms with E-state index in [0.717, 1.165) is 51.3 Å². The van der Waals surface area contributed by atoms with Crippen LogP contribution in [0.4, 0.5) is 0 Å². The van der Waals surface area contributed by atoms with Crippen LogP contribution < -0.4 is 5.32 Å². The molecule has 0 aromatic rings. The molecule has 1 unspecified atom stereocenters. The molecule has 0 amide bonds. The number of rotatable bonds is 6. The Balaban J connectivity index is 1.70. The second kappa shape index (κ2) is 10.1. The van der Waals surface area contributed by atoms with Gasteiger partial charge in [-0.05, 0) is 52.9 Å². The van der Waals surface area contributed by atoms with E-state index in [1.165, 1.54) is 6.42 Å². The zero-order chi connectivity index (χ0) is 19.9. The minimum atomic E-state index is -3.13. The first-order chi connectivity index (χ1) is 12.7. The van der Waals surface area contributed by atoms with Gasteiger partial charge in [0.05, 0.1) is 29.3 Å². The van der Waals surface area contributed by atoms with E-state index >= 15 is 0 Å². The number of likely N-dealkylation sites (tertiary alicyclic amines) is 1. The van der Waals surface area contributed by atoms with E-state index < -0.39 is 14.6 Å². The van der Waals surface area contributed by atoms with E-state index in [1.807, 2.05) is 0 Å². The van der Waals surface area contributed by atoms with Crippen LogP contribution in [0.25, 0.3) is 0 Å². The second-order valence-electron chi connectivity index (χ2n) is 8.41. The fourth-order valence-electron chi connectivity index (χ4n) is 3.35. The summed E-state index contributed by atoms with van der Waals surface area (Å²) in [5.74, 6) is 0.879. The summed E-state index contributed by atoms with van der Waals surface area (Å²) in [6.07, 6.45) is 5.94. The molecule has 158 valence electrons. The lowest BCUT2D eigenvalue weighted by Gasteiger charge is -2.35. The Morgan fingerprint density at radius 3 is 2.48 bits per heavy atom. The highest BCUT2D eigenvalue weighted by Gasteiger charge is 2.29. The van der Waals surface area contributed by atoms with Gasteiger partial charge in [-0.2, -0.15) is 0 Å². The first-order valence-corrected chi connectivity index (χ1v) is 11.8. The Kier molecular flexibility index (Phi) is 8.37. The number of sulfone groups is 1. The van der Waals surface area contributed by atoms with Crippen molar-refractivity contribution in [2.24, 2.45) is 4.99 Å². The summed E-state index contributed by atoms with van der Waals surface area (Å²) in [4.78, 5) is 6.49. The average Bonchev–Trinajstić information content (AvgIpc) is 2.64. The molecule has 2 rings (SSSR count). The maximum atomic E-state index is 12.2. The molecular weight excluding hydrogens is 366 g/mol. The summed E-state index contributed by atoms with van der Waals surface area (Å²) in [5.41, 5.74) is 0. The smallest absolute Gasteiger partial charge is 0.193 e. The molecule has 27 heavy (non-hydrogen) atoms. The van der Waals surface area contributed by atoms with Gasteiger partial charge in [0.15, 0.2) is 15.8 Å². The van der Waals surface area contributed by atoms with Crippen LogP contribution in [-0.2, 0) is 19.3 Å². The molecule has 0 aromatic heterocycles. The molecule has 0 bridgehead atoms. The molecule has 7 nitrogen and oxygen atoms in total. The summed E-state index contributed by atoms with van der Waals surface area (Å²) < 4.78 is 35.5. The van der Waals surface area contributed by atoms with Crippen molar-refractivity contribution in [2.75, 3.05) is 45.6 Å². The van der Waals surface area contributed by atoms with E-state index in [9.17, 15) is 8.42 Å². The van der Waals surface area contributed by atoms with Crippen molar-refractivity contribution in [3.8, 4) is 0 Å². The lowest BCUT2D eigenvalue weighted by molar-refractivity contribution is -0.0721. The number of aliphatic imine (C=N–C) groups is 1. The number of nitrogens with zero attached hydrogens (tertiary/aromatic N) is 2. The van der Waals surface area contributed by atoms with Crippen molar-refractivity contribution in [3.05, 3.63) is 0 Å². The minimum Gasteiger partial charge on any atom is -0.376 e. The first kappa shape index (κ1) is 22.4. The maximum absolute atomic E-state index is 12.2. The van der Waals surface area contributed by atoms with Crippen molar-refractivity contribution >= 4 is 15.8 Å². The second-order valence-corrected chi connectivity index (χ2v) is 11.3. The number of hydrogen-bond acceptors (Lipinski definition) is 5. The molecule has 0 aromatic carbocycles. The standard InChI is InChI=1S/C19H37N3O4S/c1-19(2,3)27(23,24)14-10-21-18(20-4)22-11-8-16(9-12-22)26-15-17-7-5-6-13-25-17/h16-17H,5-15H2,1-4H3,(H,20,21). The highest BCUT2D eigenvalue weighted by molar-refractivity contribution is 7.92. The number of hydrogen-bond donors (Lipinski definition) is 1. The Morgan fingerprint density at radius 2 is 1.93 bits per heavy atom. The zero-order valence-electron chi connectivity index (χ0n) is 17.4. The Labute approximate surface area is 164 Å². The van der Waals surface area contributed by atoms with Crippen molar-refractivity contribution < 1.29 is 17.9 Å². The predicted molar refractivity (Wildman–Crippen MR) is 109 cm³/mol. The van der Waals surface area contributed by atoms with Gasteiger partial charge in [0, 0.05) is 33.3 Å². The van der Waals surface area contributed by atoms with Gasteiger partial charge >= 0.3 is 0 Å². The zero-order valence-corrected chi connectivity index (χ0v) is 18.2. The molecule has 1 atom stereocenters.